The van der Waals surface area contributed by atoms with Gasteiger partial charge in [-0.25, -0.2) is 4.79 Å². The minimum Gasteiger partial charge on any atom is -0.211 e. The summed E-state index contributed by atoms with van der Waals surface area (Å²) in [7, 11) is 0. The highest BCUT2D eigenvalue weighted by molar-refractivity contribution is 9.10. The van der Waals surface area contributed by atoms with Gasteiger partial charge in [0, 0.05) is 4.47 Å². The van der Waals surface area contributed by atoms with Crippen molar-refractivity contribution in [3.63, 3.8) is 0 Å². The number of hydrogen-bond acceptors (Lipinski definition) is 2. The van der Waals surface area contributed by atoms with Crippen LogP contribution < -0.4 is 0 Å². The van der Waals surface area contributed by atoms with Crippen molar-refractivity contribution < 1.29 is 4.79 Å². The molecule has 0 saturated carbocycles. The third kappa shape index (κ3) is 2.31. The van der Waals surface area contributed by atoms with Crippen LogP contribution in [0.2, 0.25) is 0 Å². The van der Waals surface area contributed by atoms with Crippen molar-refractivity contribution in [2.75, 3.05) is 0 Å². The van der Waals surface area contributed by atoms with Gasteiger partial charge in [0.15, 0.2) is 0 Å². The highest BCUT2D eigenvalue weighted by atomic mass is 79.9. The standard InChI is InChI=1S/C11H12BrNO/c1-8-4-5-9(10(12)6-8)11(2,3)13-7-14/h4-6H,1-3H3. The SMILES string of the molecule is Cc1ccc(C(C)(C)N=C=O)c(Br)c1. The lowest BCUT2D eigenvalue weighted by molar-refractivity contribution is 0.521. The van der Waals surface area contributed by atoms with Crippen LogP contribution in [0.5, 0.6) is 0 Å². The van der Waals surface area contributed by atoms with Gasteiger partial charge < -0.3 is 0 Å². The van der Waals surface area contributed by atoms with Crippen LogP contribution in [0.1, 0.15) is 25.0 Å². The second-order valence-electron chi connectivity index (χ2n) is 3.75. The Morgan fingerprint density at radius 3 is 2.57 bits per heavy atom. The second kappa shape index (κ2) is 4.07. The fourth-order valence-electron chi connectivity index (χ4n) is 1.29. The van der Waals surface area contributed by atoms with Crippen LogP contribution in [0, 0.1) is 6.92 Å². The fraction of sp³-hybridized carbons (Fsp3) is 0.364. The zero-order valence-corrected chi connectivity index (χ0v) is 10.1. The lowest BCUT2D eigenvalue weighted by Gasteiger charge is -2.19. The largest absolute Gasteiger partial charge is 0.235 e. The van der Waals surface area contributed by atoms with Gasteiger partial charge in [-0.1, -0.05) is 28.1 Å². The molecule has 0 aliphatic carbocycles. The lowest BCUT2D eigenvalue weighted by Crippen LogP contribution is -2.14. The molecule has 0 aliphatic rings. The van der Waals surface area contributed by atoms with Gasteiger partial charge in [-0.2, -0.15) is 4.99 Å². The molecule has 0 aromatic heterocycles. The molecule has 0 spiro atoms. The number of aryl methyl sites for hydroxylation is 1. The summed E-state index contributed by atoms with van der Waals surface area (Å²) in [5.74, 6) is 0. The van der Waals surface area contributed by atoms with Crippen molar-refractivity contribution in [3.8, 4) is 0 Å². The van der Waals surface area contributed by atoms with Crippen molar-refractivity contribution in [2.24, 2.45) is 4.99 Å². The Bertz CT molecular complexity index is 392. The van der Waals surface area contributed by atoms with Gasteiger partial charge in [0.05, 0.1) is 5.54 Å². The Kier molecular flexibility index (Phi) is 3.25. The van der Waals surface area contributed by atoms with E-state index in [1.165, 1.54) is 5.56 Å². The van der Waals surface area contributed by atoms with E-state index in [9.17, 15) is 4.79 Å². The van der Waals surface area contributed by atoms with E-state index in [-0.39, 0.29) is 0 Å². The van der Waals surface area contributed by atoms with Gasteiger partial charge in [0.1, 0.15) is 0 Å². The van der Waals surface area contributed by atoms with Crippen LogP contribution in [0.25, 0.3) is 0 Å². The predicted octanol–water partition coefficient (Wildman–Crippen LogP) is 3.33. The maximum atomic E-state index is 10.3. The molecule has 2 nitrogen and oxygen atoms in total. The van der Waals surface area contributed by atoms with Crippen molar-refractivity contribution in [2.45, 2.75) is 26.3 Å². The van der Waals surface area contributed by atoms with E-state index >= 15 is 0 Å². The van der Waals surface area contributed by atoms with E-state index in [4.69, 9.17) is 0 Å². The first-order chi connectivity index (χ1) is 6.47. The van der Waals surface area contributed by atoms with Gasteiger partial charge in [-0.15, -0.1) is 0 Å². The molecule has 0 saturated heterocycles. The molecule has 1 aromatic carbocycles. The van der Waals surface area contributed by atoms with Crippen molar-refractivity contribution >= 4 is 22.0 Å². The Hall–Kier alpha value is -0.920. The summed E-state index contributed by atoms with van der Waals surface area (Å²) < 4.78 is 0.974. The summed E-state index contributed by atoms with van der Waals surface area (Å²) in [6, 6.07) is 5.99. The van der Waals surface area contributed by atoms with Crippen molar-refractivity contribution in [3.05, 3.63) is 33.8 Å². The molecule has 0 fully saturated rings. The van der Waals surface area contributed by atoms with Crippen LogP contribution in [-0.4, -0.2) is 6.08 Å². The summed E-state index contributed by atoms with van der Waals surface area (Å²) in [4.78, 5) is 14.0. The quantitative estimate of drug-likeness (QED) is 0.588. The summed E-state index contributed by atoms with van der Waals surface area (Å²) in [5, 5.41) is 0. The molecule has 0 radical (unpaired) electrons. The van der Waals surface area contributed by atoms with E-state index in [1.54, 1.807) is 6.08 Å². The van der Waals surface area contributed by atoms with Crippen LogP contribution in [0.3, 0.4) is 0 Å². The second-order valence-corrected chi connectivity index (χ2v) is 4.60. The first-order valence-corrected chi connectivity index (χ1v) is 5.12. The summed E-state index contributed by atoms with van der Waals surface area (Å²) >= 11 is 3.46. The molecule has 0 unspecified atom stereocenters. The molecule has 3 heteroatoms. The summed E-state index contributed by atoms with van der Waals surface area (Å²) in [6.07, 6.45) is 1.60. The molecule has 14 heavy (non-hydrogen) atoms. The smallest absolute Gasteiger partial charge is 0.211 e. The Morgan fingerprint density at radius 2 is 2.07 bits per heavy atom. The summed E-state index contributed by atoms with van der Waals surface area (Å²) in [6.45, 7) is 5.78. The first kappa shape index (κ1) is 11.2. The van der Waals surface area contributed by atoms with Gasteiger partial charge >= 0.3 is 0 Å². The first-order valence-electron chi connectivity index (χ1n) is 4.33. The number of aliphatic imine (C=N–C) groups is 1. The van der Waals surface area contributed by atoms with Crippen molar-refractivity contribution in [1.29, 1.82) is 0 Å². The molecule has 0 bridgehead atoms. The maximum absolute atomic E-state index is 10.3. The average Bonchev–Trinajstić information content (AvgIpc) is 2.02. The number of rotatable bonds is 2. The fourth-order valence-corrected chi connectivity index (χ4v) is 2.27. The number of carbonyl (C=O) groups excluding carboxylic acids is 1. The molecular formula is C11H12BrNO. The normalized spacial score (nSPS) is 10.9. The minimum absolute atomic E-state index is 0.520. The molecule has 0 N–H and O–H groups in total. The molecule has 74 valence electrons. The molecular weight excluding hydrogens is 242 g/mol. The van der Waals surface area contributed by atoms with E-state index in [2.05, 4.69) is 20.9 Å². The highest BCUT2D eigenvalue weighted by Crippen LogP contribution is 2.31. The van der Waals surface area contributed by atoms with Gasteiger partial charge in [0.25, 0.3) is 0 Å². The topological polar surface area (TPSA) is 29.4 Å². The number of isocyanates is 1. The Balaban J connectivity index is 3.25. The lowest BCUT2D eigenvalue weighted by atomic mass is 9.94. The van der Waals surface area contributed by atoms with E-state index in [0.717, 1.165) is 10.0 Å². The van der Waals surface area contributed by atoms with Crippen LogP contribution in [0.4, 0.5) is 0 Å². The molecule has 1 rings (SSSR count). The third-order valence-corrected chi connectivity index (χ3v) is 2.76. The molecule has 0 heterocycles. The van der Waals surface area contributed by atoms with Crippen LogP contribution in [-0.2, 0) is 10.3 Å². The van der Waals surface area contributed by atoms with E-state index < -0.39 is 5.54 Å². The maximum Gasteiger partial charge on any atom is 0.235 e. The Labute approximate surface area is 92.2 Å². The monoisotopic (exact) mass is 253 g/mol. The molecule has 1 aromatic rings. The number of benzene rings is 1. The average molecular weight is 254 g/mol. The molecule has 0 aliphatic heterocycles. The Morgan fingerprint density at radius 1 is 1.43 bits per heavy atom. The molecule has 0 amide bonds. The van der Waals surface area contributed by atoms with E-state index in [0.29, 0.717) is 0 Å². The number of hydrogen-bond donors (Lipinski definition) is 0. The summed E-state index contributed by atoms with van der Waals surface area (Å²) in [5.41, 5.74) is 1.65. The third-order valence-electron chi connectivity index (χ3n) is 2.11. The zero-order chi connectivity index (χ0) is 10.8. The van der Waals surface area contributed by atoms with Crippen LogP contribution in [0.15, 0.2) is 27.7 Å². The van der Waals surface area contributed by atoms with Gasteiger partial charge in [-0.05, 0) is 38.0 Å². The van der Waals surface area contributed by atoms with E-state index in [1.807, 2.05) is 39.0 Å². The van der Waals surface area contributed by atoms with Crippen molar-refractivity contribution in [1.82, 2.24) is 0 Å². The zero-order valence-electron chi connectivity index (χ0n) is 8.47. The number of nitrogens with zero attached hydrogens (tertiary/aromatic N) is 1. The molecule has 0 atom stereocenters. The minimum atomic E-state index is -0.520. The van der Waals surface area contributed by atoms with Crippen LogP contribution >= 0.6 is 15.9 Å². The predicted molar refractivity (Wildman–Crippen MR) is 60.0 cm³/mol. The highest BCUT2D eigenvalue weighted by Gasteiger charge is 2.21. The number of halogens is 1. The van der Waals surface area contributed by atoms with Gasteiger partial charge in [-0.3, -0.25) is 0 Å². The van der Waals surface area contributed by atoms with Gasteiger partial charge in [0.2, 0.25) is 6.08 Å².